The topological polar surface area (TPSA) is 43.7 Å². The quantitative estimate of drug-likeness (QED) is 0.0909. The summed E-state index contributed by atoms with van der Waals surface area (Å²) in [4.78, 5) is 2.84. The van der Waals surface area contributed by atoms with Gasteiger partial charge in [-0.3, -0.25) is 4.90 Å². The first kappa shape index (κ1) is 27.8. The van der Waals surface area contributed by atoms with Crippen LogP contribution in [0.1, 0.15) is 102 Å². The number of thiol groups is 1. The van der Waals surface area contributed by atoms with E-state index in [0.29, 0.717) is 6.00 Å². The highest BCUT2D eigenvalue weighted by Crippen LogP contribution is 2.23. The number of benzene rings is 1. The smallest absolute Gasteiger partial charge is 0.0967 e. The van der Waals surface area contributed by atoms with Gasteiger partial charge >= 0.3 is 0 Å². The van der Waals surface area contributed by atoms with Crippen LogP contribution in [-0.2, 0) is 0 Å². The highest BCUT2D eigenvalue weighted by molar-refractivity contribution is 7.80. The number of aliphatic hydroxyl groups is 2. The average molecular weight is 458 g/mol. The van der Waals surface area contributed by atoms with Crippen LogP contribution in [0.15, 0.2) is 29.2 Å². The molecule has 2 N–H and O–H groups in total. The molecule has 0 fully saturated rings. The largest absolute Gasteiger partial charge is 0.395 e. The maximum absolute atomic E-state index is 10.7. The summed E-state index contributed by atoms with van der Waals surface area (Å²) in [6.45, 7) is 2.95. The van der Waals surface area contributed by atoms with Gasteiger partial charge in [0.25, 0.3) is 0 Å². The van der Waals surface area contributed by atoms with E-state index in [-0.39, 0.29) is 12.6 Å². The highest BCUT2D eigenvalue weighted by atomic mass is 35.5. The van der Waals surface area contributed by atoms with E-state index >= 15 is 0 Å². The van der Waals surface area contributed by atoms with Crippen LogP contribution in [0.2, 0.25) is 0 Å². The summed E-state index contributed by atoms with van der Waals surface area (Å²) in [6.07, 6.45) is 16.5. The van der Waals surface area contributed by atoms with Crippen LogP contribution in [0.25, 0.3) is 0 Å². The molecule has 0 aliphatic heterocycles. The van der Waals surface area contributed by atoms with Crippen molar-refractivity contribution < 1.29 is 10.2 Å². The fourth-order valence-corrected chi connectivity index (χ4v) is 4.40. The van der Waals surface area contributed by atoms with Gasteiger partial charge in [-0.05, 0) is 30.7 Å². The second-order valence-corrected chi connectivity index (χ2v) is 9.22. The molecule has 1 aromatic carbocycles. The summed E-state index contributed by atoms with van der Waals surface area (Å²) in [5, 5.41) is 20.5. The van der Waals surface area contributed by atoms with Gasteiger partial charge in [0.1, 0.15) is 0 Å². The van der Waals surface area contributed by atoms with Crippen molar-refractivity contribution >= 4 is 24.2 Å². The molecule has 0 aliphatic carbocycles. The van der Waals surface area contributed by atoms with Crippen molar-refractivity contribution in [2.75, 3.05) is 19.2 Å². The van der Waals surface area contributed by atoms with E-state index in [1.54, 1.807) is 0 Å². The summed E-state index contributed by atoms with van der Waals surface area (Å²) in [5.74, 6) is 0. The molecule has 0 radical (unpaired) electrons. The Morgan fingerprint density at radius 2 is 1.30 bits per heavy atom. The van der Waals surface area contributed by atoms with Crippen LogP contribution in [0.5, 0.6) is 0 Å². The zero-order valence-electron chi connectivity index (χ0n) is 18.9. The van der Waals surface area contributed by atoms with E-state index in [1.807, 2.05) is 29.2 Å². The molecule has 174 valence electrons. The van der Waals surface area contributed by atoms with Crippen molar-refractivity contribution in [3.8, 4) is 0 Å². The molecular weight excluding hydrogens is 414 g/mol. The number of alkyl halides is 1. The van der Waals surface area contributed by atoms with Crippen molar-refractivity contribution in [1.82, 2.24) is 4.90 Å². The fourth-order valence-electron chi connectivity index (χ4n) is 3.96. The Morgan fingerprint density at radius 3 is 1.73 bits per heavy atom. The molecule has 0 saturated carbocycles. The standard InChI is InChI=1S/C25H44ClNO2S/c1-2-3-4-5-6-7-8-9-10-11-12-13-14-19-27(21-26)24(20-28)25(29)22-15-17-23(30)18-16-22/h15-18,24-25,28-30H,2-14,19-21H2,1H3. The summed E-state index contributed by atoms with van der Waals surface area (Å²) >= 11 is 10.4. The van der Waals surface area contributed by atoms with Gasteiger partial charge in [-0.2, -0.15) is 0 Å². The Balaban J connectivity index is 2.15. The third-order valence-electron chi connectivity index (χ3n) is 5.96. The number of nitrogens with zero attached hydrogens (tertiary/aromatic N) is 1. The molecule has 0 bridgehead atoms. The average Bonchev–Trinajstić information content (AvgIpc) is 2.76. The Bertz CT molecular complexity index is 514. The molecule has 0 saturated heterocycles. The number of hydrogen-bond donors (Lipinski definition) is 3. The van der Waals surface area contributed by atoms with Crippen molar-refractivity contribution in [3.05, 3.63) is 29.8 Å². The monoisotopic (exact) mass is 457 g/mol. The molecule has 1 rings (SSSR count). The SMILES string of the molecule is CCCCCCCCCCCCCCCN(CCl)C(CO)C(O)c1ccc(S)cc1. The molecule has 1 aromatic rings. The minimum atomic E-state index is -0.760. The van der Waals surface area contributed by atoms with Crippen LogP contribution in [0.4, 0.5) is 0 Å². The first-order chi connectivity index (χ1) is 14.6. The molecule has 2 unspecified atom stereocenters. The Morgan fingerprint density at radius 1 is 0.833 bits per heavy atom. The van der Waals surface area contributed by atoms with Crippen LogP contribution in [0.3, 0.4) is 0 Å². The molecule has 2 atom stereocenters. The minimum Gasteiger partial charge on any atom is -0.395 e. The first-order valence-electron chi connectivity index (χ1n) is 12.0. The van der Waals surface area contributed by atoms with Crippen molar-refractivity contribution in [2.45, 2.75) is 107 Å². The number of aliphatic hydroxyl groups excluding tert-OH is 2. The number of rotatable bonds is 19. The van der Waals surface area contributed by atoms with Gasteiger partial charge in [0.15, 0.2) is 0 Å². The predicted octanol–water partition coefficient (Wildman–Crippen LogP) is 6.96. The van der Waals surface area contributed by atoms with E-state index < -0.39 is 6.10 Å². The van der Waals surface area contributed by atoms with Crippen LogP contribution in [0, 0.1) is 0 Å². The molecule has 0 spiro atoms. The lowest BCUT2D eigenvalue weighted by molar-refractivity contribution is 0.0226. The molecular formula is C25H44ClNO2S. The third kappa shape index (κ3) is 12.0. The van der Waals surface area contributed by atoms with E-state index in [0.717, 1.165) is 23.4 Å². The lowest BCUT2D eigenvalue weighted by atomic mass is 10.0. The molecule has 0 aliphatic rings. The van der Waals surface area contributed by atoms with Crippen LogP contribution >= 0.6 is 24.2 Å². The summed E-state index contributed by atoms with van der Waals surface area (Å²) in [5.41, 5.74) is 0.785. The zero-order chi connectivity index (χ0) is 22.0. The maximum Gasteiger partial charge on any atom is 0.0967 e. The van der Waals surface area contributed by atoms with E-state index in [2.05, 4.69) is 19.6 Å². The first-order valence-corrected chi connectivity index (χ1v) is 13.0. The number of halogens is 1. The lowest BCUT2D eigenvalue weighted by Gasteiger charge is -2.32. The molecule has 3 nitrogen and oxygen atoms in total. The van der Waals surface area contributed by atoms with Gasteiger partial charge in [-0.1, -0.05) is 96.1 Å². The van der Waals surface area contributed by atoms with Crippen molar-refractivity contribution in [2.24, 2.45) is 0 Å². The Kier molecular flexibility index (Phi) is 17.0. The fraction of sp³-hybridized carbons (Fsp3) is 0.760. The second kappa shape index (κ2) is 18.3. The number of unbranched alkanes of at least 4 members (excludes halogenated alkanes) is 12. The summed E-state index contributed by atoms with van der Waals surface area (Å²) < 4.78 is 0. The Labute approximate surface area is 195 Å². The number of hydrogen-bond acceptors (Lipinski definition) is 4. The van der Waals surface area contributed by atoms with Gasteiger partial charge in [0, 0.05) is 4.90 Å². The van der Waals surface area contributed by atoms with Gasteiger partial charge < -0.3 is 10.2 Å². The molecule has 30 heavy (non-hydrogen) atoms. The van der Waals surface area contributed by atoms with E-state index in [4.69, 9.17) is 11.6 Å². The Hall–Kier alpha value is -0.260. The highest BCUT2D eigenvalue weighted by Gasteiger charge is 2.26. The van der Waals surface area contributed by atoms with E-state index in [1.165, 1.54) is 77.0 Å². The van der Waals surface area contributed by atoms with E-state index in [9.17, 15) is 10.2 Å². The van der Waals surface area contributed by atoms with Gasteiger partial charge in [0.05, 0.1) is 24.8 Å². The molecule has 0 heterocycles. The maximum atomic E-state index is 10.7. The third-order valence-corrected chi connectivity index (χ3v) is 6.56. The second-order valence-electron chi connectivity index (χ2n) is 8.46. The molecule has 0 amide bonds. The van der Waals surface area contributed by atoms with Crippen molar-refractivity contribution in [3.63, 3.8) is 0 Å². The summed E-state index contributed by atoms with van der Waals surface area (Å²) in [7, 11) is 0. The molecule has 5 heteroatoms. The predicted molar refractivity (Wildman–Crippen MR) is 133 cm³/mol. The van der Waals surface area contributed by atoms with Gasteiger partial charge in [0.2, 0.25) is 0 Å². The lowest BCUT2D eigenvalue weighted by Crippen LogP contribution is -2.42. The van der Waals surface area contributed by atoms with Gasteiger partial charge in [-0.15, -0.1) is 24.2 Å². The summed E-state index contributed by atoms with van der Waals surface area (Å²) in [6, 6.07) is 7.35. The normalized spacial score (nSPS) is 13.7. The van der Waals surface area contributed by atoms with Crippen LogP contribution in [-0.4, -0.2) is 40.3 Å². The zero-order valence-corrected chi connectivity index (χ0v) is 20.6. The minimum absolute atomic E-state index is 0.116. The van der Waals surface area contributed by atoms with Gasteiger partial charge in [-0.25, -0.2) is 0 Å². The molecule has 0 aromatic heterocycles. The van der Waals surface area contributed by atoms with Crippen LogP contribution < -0.4 is 0 Å². The van der Waals surface area contributed by atoms with Crippen molar-refractivity contribution in [1.29, 1.82) is 0 Å².